The summed E-state index contributed by atoms with van der Waals surface area (Å²) < 4.78 is 46.0. The van der Waals surface area contributed by atoms with Gasteiger partial charge in [-0.05, 0) is 44.9 Å². The first-order valence-electron chi connectivity index (χ1n) is 22.3. The molecule has 12 heteroatoms. The summed E-state index contributed by atoms with van der Waals surface area (Å²) in [5, 5.41) is 0. The Morgan fingerprint density at radius 2 is 1.25 bits per heavy atom. The third-order valence-corrected chi connectivity index (χ3v) is 11.3. The van der Waals surface area contributed by atoms with E-state index in [1.807, 2.05) is 21.1 Å². The Kier molecular flexibility index (Phi) is 27.5. The highest BCUT2D eigenvalue weighted by Gasteiger charge is 2.47. The van der Waals surface area contributed by atoms with Crippen LogP contribution >= 0.6 is 7.82 Å². The highest BCUT2D eigenvalue weighted by Crippen LogP contribution is 2.43. The number of ether oxygens (including phenoxy) is 4. The highest BCUT2D eigenvalue weighted by atomic mass is 31.2. The summed E-state index contributed by atoms with van der Waals surface area (Å²) in [6.07, 6.45) is 33.9. The van der Waals surface area contributed by atoms with Gasteiger partial charge in [0.2, 0.25) is 0 Å². The molecular weight excluding hydrogens is 733 g/mol. The van der Waals surface area contributed by atoms with Crippen molar-refractivity contribution in [1.82, 2.24) is 0 Å². The Hall–Kier alpha value is -1.59. The number of rotatable bonds is 38. The largest absolute Gasteiger partial charge is 0.472 e. The minimum absolute atomic E-state index is 0.0157. The van der Waals surface area contributed by atoms with Gasteiger partial charge in [-0.1, -0.05) is 128 Å². The zero-order valence-corrected chi connectivity index (χ0v) is 36.9. The first-order chi connectivity index (χ1) is 26.9. The van der Waals surface area contributed by atoms with E-state index < -0.39 is 26.5 Å². The molecule has 2 aliphatic rings. The summed E-state index contributed by atoms with van der Waals surface area (Å²) in [5.74, 6) is -0.879. The van der Waals surface area contributed by atoms with E-state index >= 15 is 0 Å². The van der Waals surface area contributed by atoms with E-state index in [1.54, 1.807) is 0 Å². The highest BCUT2D eigenvalue weighted by molar-refractivity contribution is 7.47. The number of hydrogen-bond donors (Lipinski definition) is 1. The number of epoxide rings is 2. The van der Waals surface area contributed by atoms with E-state index in [9.17, 15) is 19.0 Å². The number of allylic oxidation sites excluding steroid dienone is 3. The lowest BCUT2D eigenvalue weighted by atomic mass is 10.0. The number of carbonyl (C=O) groups excluding carboxylic acids is 2. The van der Waals surface area contributed by atoms with Gasteiger partial charge in [0, 0.05) is 19.3 Å². The maximum Gasteiger partial charge on any atom is 0.472 e. The second-order valence-corrected chi connectivity index (χ2v) is 18.3. The molecule has 2 fully saturated rings. The van der Waals surface area contributed by atoms with Crippen LogP contribution in [-0.4, -0.2) is 99.3 Å². The summed E-state index contributed by atoms with van der Waals surface area (Å²) in [4.78, 5) is 35.5. The molecule has 6 atom stereocenters. The van der Waals surface area contributed by atoms with Gasteiger partial charge in [0.1, 0.15) is 19.8 Å². The Morgan fingerprint density at radius 3 is 1.91 bits per heavy atom. The van der Waals surface area contributed by atoms with Crippen LogP contribution in [0.15, 0.2) is 24.3 Å². The third kappa shape index (κ3) is 28.8. The number of phosphoric acid groups is 1. The molecule has 6 unspecified atom stereocenters. The van der Waals surface area contributed by atoms with Crippen LogP contribution in [0.1, 0.15) is 168 Å². The molecule has 0 aromatic carbocycles. The molecule has 0 radical (unpaired) electrons. The minimum atomic E-state index is -4.40. The molecule has 2 rings (SSSR count). The molecule has 56 heavy (non-hydrogen) atoms. The van der Waals surface area contributed by atoms with Gasteiger partial charge >= 0.3 is 19.8 Å². The summed E-state index contributed by atoms with van der Waals surface area (Å²) in [6, 6.07) is 0. The molecule has 1 N–H and O–H groups in total. The van der Waals surface area contributed by atoms with Gasteiger partial charge < -0.3 is 28.3 Å². The Bertz CT molecular complexity index is 1140. The van der Waals surface area contributed by atoms with Gasteiger partial charge in [-0.15, -0.1) is 0 Å². The standard InChI is InChI=1S/C44H80NO10P/c1-6-8-10-12-14-16-17-18-19-21-23-25-27-31-43(46)50-36-38(37-52-56(48,49)51-34-33-45(3,4)5)53-44(47)32-28-30-40-42(55-40)35-41-39(54-41)29-26-24-22-20-15-13-11-9-7-2/h15,20,24,26,38-42H,6-14,16-19,21-23,25,27-37H2,1-5H3/p+1/b20-15-,26-24-. The third-order valence-electron chi connectivity index (χ3n) is 10.3. The SMILES string of the molecule is CCCCC/C=C\C/C=C\CC1OC1CC1OC1CCCC(=O)OC(COC(=O)CCCCCCCCCCCCCCC)COP(=O)(O)OCC[N+](C)(C)C. The van der Waals surface area contributed by atoms with Gasteiger partial charge in [0.15, 0.2) is 6.10 Å². The first-order valence-corrected chi connectivity index (χ1v) is 23.8. The fraction of sp³-hybridized carbons (Fsp3) is 0.864. The number of carbonyl (C=O) groups is 2. The van der Waals surface area contributed by atoms with E-state index in [0.29, 0.717) is 17.4 Å². The van der Waals surface area contributed by atoms with Crippen LogP contribution in [0.2, 0.25) is 0 Å². The molecule has 0 amide bonds. The van der Waals surface area contributed by atoms with Crippen LogP contribution in [0.4, 0.5) is 0 Å². The van der Waals surface area contributed by atoms with Crippen LogP contribution in [-0.2, 0) is 42.1 Å². The minimum Gasteiger partial charge on any atom is -0.462 e. The normalized spacial score (nSPS) is 21.0. The average molecular weight is 815 g/mol. The number of quaternary nitrogens is 1. The van der Waals surface area contributed by atoms with Crippen molar-refractivity contribution in [2.75, 3.05) is 47.5 Å². The van der Waals surface area contributed by atoms with Crippen molar-refractivity contribution in [2.24, 2.45) is 0 Å². The van der Waals surface area contributed by atoms with Crippen molar-refractivity contribution in [3.05, 3.63) is 24.3 Å². The fourth-order valence-electron chi connectivity index (χ4n) is 6.59. The van der Waals surface area contributed by atoms with Crippen molar-refractivity contribution in [1.29, 1.82) is 0 Å². The molecule has 2 heterocycles. The lowest BCUT2D eigenvalue weighted by Crippen LogP contribution is -2.37. The molecule has 0 saturated carbocycles. The Balaban J connectivity index is 1.63. The zero-order chi connectivity index (χ0) is 40.9. The molecule has 0 aromatic rings. The van der Waals surface area contributed by atoms with Crippen molar-refractivity contribution in [3.63, 3.8) is 0 Å². The van der Waals surface area contributed by atoms with E-state index in [2.05, 4.69) is 38.2 Å². The predicted octanol–water partition coefficient (Wildman–Crippen LogP) is 10.3. The molecule has 2 saturated heterocycles. The van der Waals surface area contributed by atoms with Gasteiger partial charge in [0.05, 0.1) is 52.2 Å². The van der Waals surface area contributed by atoms with Crippen LogP contribution in [0.3, 0.4) is 0 Å². The number of esters is 2. The molecule has 0 spiro atoms. The van der Waals surface area contributed by atoms with E-state index in [1.165, 1.54) is 83.5 Å². The number of likely N-dealkylation sites (N-methyl/N-ethyl adjacent to an activating group) is 1. The lowest BCUT2D eigenvalue weighted by molar-refractivity contribution is -0.870. The van der Waals surface area contributed by atoms with Crippen molar-refractivity contribution < 1.29 is 51.5 Å². The monoisotopic (exact) mass is 815 g/mol. The maximum atomic E-state index is 12.8. The second-order valence-electron chi connectivity index (χ2n) is 16.9. The molecule has 11 nitrogen and oxygen atoms in total. The number of nitrogens with zero attached hydrogens (tertiary/aromatic N) is 1. The van der Waals surface area contributed by atoms with E-state index in [-0.39, 0.29) is 56.4 Å². The van der Waals surface area contributed by atoms with Crippen LogP contribution < -0.4 is 0 Å². The van der Waals surface area contributed by atoms with Crippen LogP contribution in [0, 0.1) is 0 Å². The van der Waals surface area contributed by atoms with Gasteiger partial charge in [0.25, 0.3) is 0 Å². The van der Waals surface area contributed by atoms with Gasteiger partial charge in [-0.3, -0.25) is 18.6 Å². The average Bonchev–Trinajstić information content (AvgIpc) is 4.07. The van der Waals surface area contributed by atoms with E-state index in [4.69, 9.17) is 28.0 Å². The summed E-state index contributed by atoms with van der Waals surface area (Å²) in [7, 11) is 1.42. The molecule has 0 bridgehead atoms. The molecule has 0 aromatic heterocycles. The molecule has 0 aliphatic carbocycles. The summed E-state index contributed by atoms with van der Waals surface area (Å²) in [6.45, 7) is 4.29. The maximum absolute atomic E-state index is 12.8. The Morgan fingerprint density at radius 1 is 0.679 bits per heavy atom. The van der Waals surface area contributed by atoms with Crippen molar-refractivity contribution in [2.45, 2.75) is 198 Å². The number of unbranched alkanes of at least 4 members (excludes halogenated alkanes) is 15. The lowest BCUT2D eigenvalue weighted by Gasteiger charge is -2.24. The Labute approximate surface area is 340 Å². The van der Waals surface area contributed by atoms with Crippen LogP contribution in [0.25, 0.3) is 0 Å². The van der Waals surface area contributed by atoms with Gasteiger partial charge in [-0.2, -0.15) is 0 Å². The van der Waals surface area contributed by atoms with E-state index in [0.717, 1.165) is 51.4 Å². The molecule has 326 valence electrons. The number of phosphoric ester groups is 1. The topological polar surface area (TPSA) is 133 Å². The summed E-state index contributed by atoms with van der Waals surface area (Å²) in [5.41, 5.74) is 0. The van der Waals surface area contributed by atoms with Crippen LogP contribution in [0.5, 0.6) is 0 Å². The van der Waals surface area contributed by atoms with Crippen molar-refractivity contribution >= 4 is 19.8 Å². The molecule has 2 aliphatic heterocycles. The summed E-state index contributed by atoms with van der Waals surface area (Å²) >= 11 is 0. The fourth-order valence-corrected chi connectivity index (χ4v) is 7.33. The first kappa shape index (κ1) is 50.6. The van der Waals surface area contributed by atoms with Crippen molar-refractivity contribution in [3.8, 4) is 0 Å². The smallest absolute Gasteiger partial charge is 0.462 e. The molecular formula is C44H81NO10P+. The number of hydrogen-bond acceptors (Lipinski definition) is 9. The zero-order valence-electron chi connectivity index (χ0n) is 36.0. The van der Waals surface area contributed by atoms with Gasteiger partial charge in [-0.25, -0.2) is 4.57 Å². The quantitative estimate of drug-likeness (QED) is 0.0160. The second kappa shape index (κ2) is 30.5. The predicted molar refractivity (Wildman–Crippen MR) is 223 cm³/mol.